The van der Waals surface area contributed by atoms with E-state index in [9.17, 15) is 0 Å². The van der Waals surface area contributed by atoms with E-state index in [1.807, 2.05) is 29.0 Å². The molecule has 2 heterocycles. The molecule has 2 aromatic heterocycles. The summed E-state index contributed by atoms with van der Waals surface area (Å²) in [6.07, 6.45) is 3.74. The third kappa shape index (κ3) is 2.12. The molecule has 18 heavy (non-hydrogen) atoms. The summed E-state index contributed by atoms with van der Waals surface area (Å²) in [5, 5.41) is 1.61. The van der Waals surface area contributed by atoms with Crippen molar-refractivity contribution in [1.82, 2.24) is 14.5 Å². The Morgan fingerprint density at radius 1 is 1.39 bits per heavy atom. The molecule has 3 rings (SSSR count). The Morgan fingerprint density at radius 3 is 3.11 bits per heavy atom. The fourth-order valence-corrected chi connectivity index (χ4v) is 2.83. The van der Waals surface area contributed by atoms with Gasteiger partial charge in [-0.25, -0.2) is 9.97 Å². The first-order valence-electron chi connectivity index (χ1n) is 5.54. The van der Waals surface area contributed by atoms with Crippen LogP contribution in [0, 0.1) is 0 Å². The van der Waals surface area contributed by atoms with E-state index in [4.69, 9.17) is 17.3 Å². The van der Waals surface area contributed by atoms with Gasteiger partial charge in [-0.3, -0.25) is 0 Å². The second kappa shape index (κ2) is 4.68. The highest BCUT2D eigenvalue weighted by atomic mass is 35.5. The van der Waals surface area contributed by atoms with E-state index >= 15 is 0 Å². The van der Waals surface area contributed by atoms with Gasteiger partial charge in [-0.1, -0.05) is 11.6 Å². The van der Waals surface area contributed by atoms with Gasteiger partial charge in [0, 0.05) is 24.3 Å². The zero-order chi connectivity index (χ0) is 12.5. The molecular weight excluding hydrogens is 268 g/mol. The minimum atomic E-state index is 0.602. The Balaban J connectivity index is 2.02. The van der Waals surface area contributed by atoms with E-state index in [-0.39, 0.29) is 0 Å². The van der Waals surface area contributed by atoms with Gasteiger partial charge in [0.1, 0.15) is 10.7 Å². The number of imidazole rings is 1. The van der Waals surface area contributed by atoms with Gasteiger partial charge in [0.25, 0.3) is 0 Å². The average Bonchev–Trinajstić information content (AvgIpc) is 2.94. The lowest BCUT2D eigenvalue weighted by molar-refractivity contribution is 0.708. The maximum absolute atomic E-state index is 5.95. The number of nitrogens with two attached hydrogens (primary N) is 1. The van der Waals surface area contributed by atoms with Crippen LogP contribution in [0.3, 0.4) is 0 Å². The zero-order valence-corrected chi connectivity index (χ0v) is 11.1. The Labute approximate surface area is 113 Å². The van der Waals surface area contributed by atoms with Crippen molar-refractivity contribution in [3.63, 3.8) is 0 Å². The number of halogens is 1. The summed E-state index contributed by atoms with van der Waals surface area (Å²) in [5.74, 6) is 0. The van der Waals surface area contributed by atoms with Crippen molar-refractivity contribution in [2.24, 2.45) is 5.73 Å². The number of thiazole rings is 1. The molecule has 0 amide bonds. The largest absolute Gasteiger partial charge is 0.335 e. The summed E-state index contributed by atoms with van der Waals surface area (Å²) in [6.45, 7) is 1.37. The van der Waals surface area contributed by atoms with E-state index in [2.05, 4.69) is 9.97 Å². The molecule has 2 N–H and O–H groups in total. The molecule has 0 aliphatic carbocycles. The van der Waals surface area contributed by atoms with Crippen LogP contribution in [0.2, 0.25) is 5.02 Å². The number of hydrogen-bond acceptors (Lipinski definition) is 4. The van der Waals surface area contributed by atoms with Crippen LogP contribution >= 0.6 is 22.9 Å². The quantitative estimate of drug-likeness (QED) is 0.801. The van der Waals surface area contributed by atoms with Gasteiger partial charge in [0.2, 0.25) is 0 Å². The molecular formula is C12H11ClN4S. The highest BCUT2D eigenvalue weighted by Crippen LogP contribution is 2.30. The second-order valence-electron chi connectivity index (χ2n) is 3.92. The van der Waals surface area contributed by atoms with Crippen molar-refractivity contribution < 1.29 is 0 Å². The first-order valence-corrected chi connectivity index (χ1v) is 6.74. The minimum Gasteiger partial charge on any atom is -0.335 e. The molecule has 0 bridgehead atoms. The predicted molar refractivity (Wildman–Crippen MR) is 74.9 cm³/mol. The van der Waals surface area contributed by atoms with Crippen LogP contribution in [0.5, 0.6) is 0 Å². The molecule has 4 nitrogen and oxygen atoms in total. The summed E-state index contributed by atoms with van der Waals surface area (Å²) >= 11 is 7.56. The molecule has 3 aromatic rings. The smallest absolute Gasteiger partial charge is 0.144 e. The van der Waals surface area contributed by atoms with Crippen molar-refractivity contribution in [1.29, 1.82) is 0 Å². The lowest BCUT2D eigenvalue weighted by Crippen LogP contribution is -2.07. The van der Waals surface area contributed by atoms with Crippen molar-refractivity contribution in [2.45, 2.75) is 6.54 Å². The van der Waals surface area contributed by atoms with Crippen LogP contribution in [0.1, 0.15) is 0 Å². The first-order chi connectivity index (χ1) is 8.76. The summed E-state index contributed by atoms with van der Waals surface area (Å²) in [6, 6.07) is 5.72. The van der Waals surface area contributed by atoms with Gasteiger partial charge in [0.05, 0.1) is 16.5 Å². The molecule has 0 atom stereocenters. The fraction of sp³-hybridized carbons (Fsp3) is 0.167. The molecule has 0 saturated heterocycles. The van der Waals surface area contributed by atoms with Gasteiger partial charge in [-0.15, -0.1) is 11.3 Å². The van der Waals surface area contributed by atoms with Gasteiger partial charge < -0.3 is 10.3 Å². The topological polar surface area (TPSA) is 56.7 Å². The van der Waals surface area contributed by atoms with Crippen LogP contribution in [0.25, 0.3) is 20.9 Å². The van der Waals surface area contributed by atoms with Crippen molar-refractivity contribution in [3.05, 3.63) is 35.7 Å². The summed E-state index contributed by atoms with van der Waals surface area (Å²) in [5.41, 5.74) is 7.30. The maximum Gasteiger partial charge on any atom is 0.144 e. The maximum atomic E-state index is 5.95. The number of nitrogens with zero attached hydrogens (tertiary/aromatic N) is 3. The first kappa shape index (κ1) is 11.6. The van der Waals surface area contributed by atoms with E-state index in [0.717, 1.165) is 27.5 Å². The van der Waals surface area contributed by atoms with Gasteiger partial charge in [-0.05, 0) is 18.2 Å². The second-order valence-corrected chi connectivity index (χ2v) is 5.38. The Morgan fingerprint density at radius 2 is 2.28 bits per heavy atom. The lowest BCUT2D eigenvalue weighted by atomic mass is 10.3. The zero-order valence-electron chi connectivity index (χ0n) is 9.51. The lowest BCUT2D eigenvalue weighted by Gasteiger charge is -1.94. The van der Waals surface area contributed by atoms with E-state index in [1.54, 1.807) is 17.7 Å². The minimum absolute atomic E-state index is 0.602. The monoisotopic (exact) mass is 278 g/mol. The Bertz CT molecular complexity index is 688. The van der Waals surface area contributed by atoms with Crippen LogP contribution in [0.4, 0.5) is 0 Å². The number of benzene rings is 1. The third-order valence-electron chi connectivity index (χ3n) is 2.59. The molecule has 0 radical (unpaired) electrons. The number of fused-ring (bicyclic) bond motifs is 1. The number of hydrogen-bond donors (Lipinski definition) is 1. The van der Waals surface area contributed by atoms with Crippen LogP contribution in [0.15, 0.2) is 30.7 Å². The molecule has 92 valence electrons. The van der Waals surface area contributed by atoms with Crippen molar-refractivity contribution in [3.8, 4) is 10.7 Å². The van der Waals surface area contributed by atoms with Crippen LogP contribution in [-0.2, 0) is 6.54 Å². The highest BCUT2D eigenvalue weighted by molar-refractivity contribution is 7.21. The highest BCUT2D eigenvalue weighted by Gasteiger charge is 2.09. The predicted octanol–water partition coefficient (Wildman–Crippen LogP) is 2.77. The molecule has 0 spiro atoms. The molecule has 0 fully saturated rings. The normalized spacial score (nSPS) is 11.2. The van der Waals surface area contributed by atoms with Crippen molar-refractivity contribution in [2.75, 3.05) is 6.54 Å². The molecule has 1 aromatic carbocycles. The van der Waals surface area contributed by atoms with Crippen molar-refractivity contribution >= 4 is 33.2 Å². The Kier molecular flexibility index (Phi) is 3.03. The van der Waals surface area contributed by atoms with Gasteiger partial charge >= 0.3 is 0 Å². The molecule has 0 aliphatic heterocycles. The third-order valence-corrected chi connectivity index (χ3v) is 3.88. The van der Waals surface area contributed by atoms with Gasteiger partial charge in [0.15, 0.2) is 0 Å². The summed E-state index contributed by atoms with van der Waals surface area (Å²) in [7, 11) is 0. The van der Waals surface area contributed by atoms with Crippen LogP contribution < -0.4 is 5.73 Å². The van der Waals surface area contributed by atoms with Crippen LogP contribution in [-0.4, -0.2) is 21.1 Å². The molecule has 0 saturated carbocycles. The standard InChI is InChI=1S/C12H11ClN4S/c13-8-1-2-11-9(5-8)16-12(18-11)10-6-17(4-3-14)7-15-10/h1-2,5-7H,3-4,14H2. The number of rotatable bonds is 3. The average molecular weight is 279 g/mol. The Hall–Kier alpha value is -1.43. The number of aromatic nitrogens is 3. The molecule has 0 aliphatic rings. The van der Waals surface area contributed by atoms with E-state index < -0.39 is 0 Å². The van der Waals surface area contributed by atoms with E-state index in [1.165, 1.54) is 0 Å². The molecule has 6 heteroatoms. The fourth-order valence-electron chi connectivity index (χ4n) is 1.75. The summed E-state index contributed by atoms with van der Waals surface area (Å²) < 4.78 is 3.08. The summed E-state index contributed by atoms with van der Waals surface area (Å²) in [4.78, 5) is 8.89. The van der Waals surface area contributed by atoms with Gasteiger partial charge in [-0.2, -0.15) is 0 Å². The SMILES string of the molecule is NCCn1cnc(-c2nc3cc(Cl)ccc3s2)c1. The van der Waals surface area contributed by atoms with E-state index in [0.29, 0.717) is 11.6 Å². The molecule has 0 unspecified atom stereocenters.